The van der Waals surface area contributed by atoms with Crippen molar-refractivity contribution in [3.05, 3.63) is 41.5 Å². The van der Waals surface area contributed by atoms with Crippen molar-refractivity contribution in [3.63, 3.8) is 0 Å². The molecule has 0 aromatic heterocycles. The molecule has 2 rings (SSSR count). The Hall–Kier alpha value is -0.760. The molecule has 0 N–H and O–H groups in total. The van der Waals surface area contributed by atoms with E-state index in [1.807, 2.05) is 25.7 Å². The highest BCUT2D eigenvalue weighted by atomic mass is 79.9. The fourth-order valence-electron chi connectivity index (χ4n) is 2.83. The molecular formula is C21H35BrO. The number of alkyl halides is 1. The van der Waals surface area contributed by atoms with Gasteiger partial charge in [-0.1, -0.05) is 87.8 Å². The molecule has 0 bridgehead atoms. The Balaban J connectivity index is 0.00000112. The first-order chi connectivity index (χ1) is 10.6. The third kappa shape index (κ3) is 4.02. The van der Waals surface area contributed by atoms with E-state index >= 15 is 0 Å². The van der Waals surface area contributed by atoms with Crippen molar-refractivity contribution in [2.24, 2.45) is 10.8 Å². The van der Waals surface area contributed by atoms with E-state index < -0.39 is 0 Å². The van der Waals surface area contributed by atoms with Gasteiger partial charge < -0.3 is 4.74 Å². The summed E-state index contributed by atoms with van der Waals surface area (Å²) in [6.07, 6.45) is 0. The van der Waals surface area contributed by atoms with Crippen molar-refractivity contribution in [2.45, 2.75) is 67.9 Å². The first-order valence-electron chi connectivity index (χ1n) is 8.45. The average molecular weight is 383 g/mol. The lowest BCUT2D eigenvalue weighted by Crippen LogP contribution is -2.54. The molecule has 0 fully saturated rings. The Kier molecular flexibility index (Phi) is 8.09. The van der Waals surface area contributed by atoms with Gasteiger partial charge in [0.15, 0.2) is 0 Å². The molecule has 1 nitrogen and oxygen atoms in total. The fourth-order valence-corrected chi connectivity index (χ4v) is 2.83. The minimum absolute atomic E-state index is 0.0718. The van der Waals surface area contributed by atoms with Gasteiger partial charge >= 0.3 is 0 Å². The molecule has 1 aromatic carbocycles. The van der Waals surface area contributed by atoms with Gasteiger partial charge in [-0.05, 0) is 37.6 Å². The Morgan fingerprint density at radius 2 is 1.26 bits per heavy atom. The monoisotopic (exact) mass is 382 g/mol. The van der Waals surface area contributed by atoms with Gasteiger partial charge in [0.25, 0.3) is 0 Å². The SMILES string of the molecule is CBr.CC.CC1=C(c2ccccc2)OC(C)(C)C(C)(C)C1(C)C. The minimum atomic E-state index is -0.193. The number of hydrogen-bond donors (Lipinski definition) is 0. The van der Waals surface area contributed by atoms with E-state index in [1.54, 1.807) is 0 Å². The molecule has 23 heavy (non-hydrogen) atoms. The van der Waals surface area contributed by atoms with Gasteiger partial charge in [-0.15, -0.1) is 0 Å². The van der Waals surface area contributed by atoms with E-state index in [4.69, 9.17) is 4.74 Å². The summed E-state index contributed by atoms with van der Waals surface area (Å²) >= 11 is 2.94. The lowest BCUT2D eigenvalue weighted by molar-refractivity contribution is -0.105. The van der Waals surface area contributed by atoms with E-state index in [9.17, 15) is 0 Å². The van der Waals surface area contributed by atoms with Gasteiger partial charge in [-0.2, -0.15) is 0 Å². The van der Waals surface area contributed by atoms with Gasteiger partial charge in [0, 0.05) is 11.0 Å². The zero-order valence-electron chi connectivity index (χ0n) is 16.7. The maximum absolute atomic E-state index is 6.40. The standard InChI is InChI=1S/C18H26O.C2H6.CH3Br/c1-13-15(14-11-9-8-10-12-14)19-18(6,7)17(4,5)16(13,2)3;2*1-2/h8-12H,1-7H3;1-2H3;1H3. The second-order valence-corrected chi connectivity index (χ2v) is 7.18. The smallest absolute Gasteiger partial charge is 0.126 e. The highest BCUT2D eigenvalue weighted by molar-refractivity contribution is 9.08. The summed E-state index contributed by atoms with van der Waals surface area (Å²) in [6, 6.07) is 10.4. The first kappa shape index (κ1) is 22.2. The van der Waals surface area contributed by atoms with Crippen LogP contribution in [-0.2, 0) is 4.74 Å². The fraction of sp³-hybridized carbons (Fsp3) is 0.619. The molecule has 1 heterocycles. The number of allylic oxidation sites excluding steroid dienone is 1. The molecule has 0 amide bonds. The van der Waals surface area contributed by atoms with Gasteiger partial charge in [0.1, 0.15) is 11.4 Å². The second kappa shape index (κ2) is 8.37. The summed E-state index contributed by atoms with van der Waals surface area (Å²) in [6.45, 7) is 19.9. The number of benzene rings is 1. The van der Waals surface area contributed by atoms with Crippen molar-refractivity contribution in [1.82, 2.24) is 0 Å². The van der Waals surface area contributed by atoms with Crippen LogP contribution in [0, 0.1) is 10.8 Å². The molecule has 0 saturated heterocycles. The number of rotatable bonds is 1. The molecule has 0 saturated carbocycles. The third-order valence-electron chi connectivity index (χ3n) is 5.74. The summed E-state index contributed by atoms with van der Waals surface area (Å²) in [4.78, 5) is 0. The lowest BCUT2D eigenvalue weighted by Gasteiger charge is -2.56. The maximum Gasteiger partial charge on any atom is 0.126 e. The highest BCUT2D eigenvalue weighted by Gasteiger charge is 2.54. The Morgan fingerprint density at radius 1 is 0.826 bits per heavy atom. The van der Waals surface area contributed by atoms with E-state index in [0.717, 1.165) is 5.76 Å². The van der Waals surface area contributed by atoms with E-state index in [0.29, 0.717) is 0 Å². The Labute approximate surface area is 152 Å². The molecule has 0 radical (unpaired) electrons. The molecule has 1 aromatic rings. The van der Waals surface area contributed by atoms with Crippen molar-refractivity contribution >= 4 is 21.7 Å². The summed E-state index contributed by atoms with van der Waals surface area (Å²) in [5.41, 5.74) is 2.49. The van der Waals surface area contributed by atoms with Crippen LogP contribution in [0.15, 0.2) is 35.9 Å². The second-order valence-electron chi connectivity index (χ2n) is 7.18. The number of hydrogen-bond acceptors (Lipinski definition) is 1. The maximum atomic E-state index is 6.40. The molecular weight excluding hydrogens is 348 g/mol. The number of halogens is 1. The molecule has 1 aliphatic heterocycles. The van der Waals surface area contributed by atoms with Crippen LogP contribution in [0.25, 0.3) is 5.76 Å². The Morgan fingerprint density at radius 3 is 1.70 bits per heavy atom. The summed E-state index contributed by atoms with van der Waals surface area (Å²) in [5.74, 6) is 2.86. The van der Waals surface area contributed by atoms with Crippen LogP contribution in [0.4, 0.5) is 0 Å². The Bertz CT molecular complexity index is 510. The van der Waals surface area contributed by atoms with Crippen LogP contribution in [-0.4, -0.2) is 11.4 Å². The van der Waals surface area contributed by atoms with Crippen LogP contribution < -0.4 is 0 Å². The van der Waals surface area contributed by atoms with E-state index in [-0.39, 0.29) is 16.4 Å². The molecule has 2 heteroatoms. The largest absolute Gasteiger partial charge is 0.487 e. The summed E-state index contributed by atoms with van der Waals surface area (Å²) in [5, 5.41) is 0. The van der Waals surface area contributed by atoms with Gasteiger partial charge in [0.2, 0.25) is 0 Å². The van der Waals surface area contributed by atoms with Crippen LogP contribution in [0.5, 0.6) is 0 Å². The van der Waals surface area contributed by atoms with Gasteiger partial charge in [-0.3, -0.25) is 0 Å². The van der Waals surface area contributed by atoms with Crippen LogP contribution in [0.2, 0.25) is 0 Å². The third-order valence-corrected chi connectivity index (χ3v) is 5.74. The predicted molar refractivity (Wildman–Crippen MR) is 108 cm³/mol. The van der Waals surface area contributed by atoms with Crippen LogP contribution >= 0.6 is 15.9 Å². The van der Waals surface area contributed by atoms with E-state index in [1.165, 1.54) is 11.1 Å². The number of ether oxygens (including phenoxy) is 1. The molecule has 0 spiro atoms. The molecule has 0 atom stereocenters. The predicted octanol–water partition coefficient (Wildman–Crippen LogP) is 7.32. The van der Waals surface area contributed by atoms with Crippen molar-refractivity contribution in [2.75, 3.05) is 5.83 Å². The zero-order chi connectivity index (χ0) is 18.5. The van der Waals surface area contributed by atoms with Crippen molar-refractivity contribution in [1.29, 1.82) is 0 Å². The first-order valence-corrected chi connectivity index (χ1v) is 10.0. The summed E-state index contributed by atoms with van der Waals surface area (Å²) in [7, 11) is 0. The van der Waals surface area contributed by atoms with E-state index in [2.05, 4.69) is 88.7 Å². The zero-order valence-corrected chi connectivity index (χ0v) is 18.3. The quantitative estimate of drug-likeness (QED) is 0.462. The average Bonchev–Trinajstić information content (AvgIpc) is 2.55. The molecule has 1 aliphatic rings. The topological polar surface area (TPSA) is 9.23 Å². The summed E-state index contributed by atoms with van der Waals surface area (Å²) < 4.78 is 6.40. The van der Waals surface area contributed by atoms with Crippen molar-refractivity contribution < 1.29 is 4.74 Å². The minimum Gasteiger partial charge on any atom is -0.487 e. The molecule has 0 aliphatic carbocycles. The molecule has 0 unspecified atom stereocenters. The normalized spacial score (nSPS) is 20.3. The lowest BCUT2D eigenvalue weighted by atomic mass is 9.55. The van der Waals surface area contributed by atoms with Crippen molar-refractivity contribution in [3.8, 4) is 0 Å². The highest BCUT2D eigenvalue weighted by Crippen LogP contribution is 2.58. The molecule has 132 valence electrons. The van der Waals surface area contributed by atoms with Gasteiger partial charge in [0.05, 0.1) is 0 Å². The van der Waals surface area contributed by atoms with Crippen LogP contribution in [0.3, 0.4) is 0 Å². The van der Waals surface area contributed by atoms with Gasteiger partial charge in [-0.25, -0.2) is 0 Å². The van der Waals surface area contributed by atoms with Crippen LogP contribution in [0.1, 0.15) is 67.9 Å².